The molecule has 2 aromatic carbocycles. The molecule has 0 saturated heterocycles. The Bertz CT molecular complexity index is 622. The maximum Gasteiger partial charge on any atom is 0.231 e. The van der Waals surface area contributed by atoms with Gasteiger partial charge >= 0.3 is 0 Å². The molecule has 1 aliphatic heterocycles. The lowest BCUT2D eigenvalue weighted by molar-refractivity contribution is -0.109. The minimum absolute atomic E-state index is 0.203. The van der Waals surface area contributed by atoms with E-state index in [1.807, 2.05) is 42.5 Å². The summed E-state index contributed by atoms with van der Waals surface area (Å²) in [5, 5.41) is 0.694. The molecule has 20 heavy (non-hydrogen) atoms. The summed E-state index contributed by atoms with van der Waals surface area (Å²) < 4.78 is 10.6. The molecule has 1 atom stereocenters. The van der Waals surface area contributed by atoms with E-state index in [-0.39, 0.29) is 12.7 Å². The molecule has 0 aliphatic carbocycles. The van der Waals surface area contributed by atoms with Crippen LogP contribution in [0.25, 0.3) is 0 Å². The lowest BCUT2D eigenvalue weighted by Crippen LogP contribution is -2.04. The highest BCUT2D eigenvalue weighted by atomic mass is 35.5. The molecule has 0 radical (unpaired) electrons. The predicted molar refractivity (Wildman–Crippen MR) is 76.5 cm³/mol. The van der Waals surface area contributed by atoms with E-state index in [1.165, 1.54) is 0 Å². The zero-order valence-electron chi connectivity index (χ0n) is 10.7. The van der Waals surface area contributed by atoms with Crippen LogP contribution < -0.4 is 9.47 Å². The maximum absolute atomic E-state index is 11.4. The van der Waals surface area contributed by atoms with Crippen molar-refractivity contribution in [2.45, 2.75) is 12.3 Å². The molecule has 0 saturated carbocycles. The Morgan fingerprint density at radius 3 is 2.60 bits per heavy atom. The third-order valence-corrected chi connectivity index (χ3v) is 3.61. The van der Waals surface area contributed by atoms with Gasteiger partial charge < -0.3 is 14.3 Å². The van der Waals surface area contributed by atoms with Gasteiger partial charge in [0.2, 0.25) is 6.79 Å². The monoisotopic (exact) mass is 288 g/mol. The topological polar surface area (TPSA) is 35.5 Å². The molecule has 0 amide bonds. The average molecular weight is 289 g/mol. The fourth-order valence-electron chi connectivity index (χ4n) is 2.26. The van der Waals surface area contributed by atoms with Crippen LogP contribution in [0.15, 0.2) is 42.5 Å². The van der Waals surface area contributed by atoms with Crippen LogP contribution in [0.4, 0.5) is 0 Å². The van der Waals surface area contributed by atoms with Crippen LogP contribution in [0.3, 0.4) is 0 Å². The van der Waals surface area contributed by atoms with Gasteiger partial charge in [0.1, 0.15) is 6.29 Å². The second-order valence-electron chi connectivity index (χ2n) is 4.69. The normalized spacial score (nSPS) is 14.1. The van der Waals surface area contributed by atoms with Gasteiger partial charge in [-0.15, -0.1) is 0 Å². The minimum atomic E-state index is -0.203. The molecule has 0 aromatic heterocycles. The van der Waals surface area contributed by atoms with Crippen molar-refractivity contribution in [3.8, 4) is 11.5 Å². The van der Waals surface area contributed by atoms with Crippen LogP contribution in [0.5, 0.6) is 11.5 Å². The molecular weight excluding hydrogens is 276 g/mol. The summed E-state index contributed by atoms with van der Waals surface area (Å²) in [4.78, 5) is 11.4. The summed E-state index contributed by atoms with van der Waals surface area (Å²) in [5.74, 6) is 1.22. The number of hydrogen-bond donors (Lipinski definition) is 0. The quantitative estimate of drug-likeness (QED) is 0.807. The number of benzene rings is 2. The van der Waals surface area contributed by atoms with Gasteiger partial charge in [-0.3, -0.25) is 0 Å². The molecule has 4 heteroatoms. The Morgan fingerprint density at radius 2 is 1.85 bits per heavy atom. The number of hydrogen-bond acceptors (Lipinski definition) is 3. The average Bonchev–Trinajstić information content (AvgIpc) is 2.94. The lowest BCUT2D eigenvalue weighted by Gasteiger charge is -2.11. The summed E-state index contributed by atoms with van der Waals surface area (Å²) >= 11 is 5.86. The van der Waals surface area contributed by atoms with Gasteiger partial charge in [-0.2, -0.15) is 0 Å². The molecule has 102 valence electrons. The van der Waals surface area contributed by atoms with Crippen LogP contribution >= 0.6 is 11.6 Å². The standard InChI is InChI=1S/C16H13ClO3/c17-14-4-1-11(2-5-14)7-13(9-18)12-3-6-15-16(8-12)20-10-19-15/h1-6,8-9,13H,7,10H2. The van der Waals surface area contributed by atoms with Crippen molar-refractivity contribution in [2.75, 3.05) is 6.79 Å². The smallest absolute Gasteiger partial charge is 0.231 e. The van der Waals surface area contributed by atoms with Crippen molar-refractivity contribution in [2.24, 2.45) is 0 Å². The maximum atomic E-state index is 11.4. The summed E-state index contributed by atoms with van der Waals surface area (Å²) in [6.45, 7) is 0.238. The fourth-order valence-corrected chi connectivity index (χ4v) is 2.39. The highest BCUT2D eigenvalue weighted by Crippen LogP contribution is 2.35. The van der Waals surface area contributed by atoms with Crippen molar-refractivity contribution < 1.29 is 14.3 Å². The van der Waals surface area contributed by atoms with Gasteiger partial charge in [-0.25, -0.2) is 0 Å². The van der Waals surface area contributed by atoms with E-state index in [0.717, 1.165) is 23.2 Å². The summed E-state index contributed by atoms with van der Waals surface area (Å²) in [6, 6.07) is 13.2. The SMILES string of the molecule is O=CC(Cc1ccc(Cl)cc1)c1ccc2c(c1)OCO2. The Kier molecular flexibility index (Phi) is 3.61. The first-order chi connectivity index (χ1) is 9.76. The van der Waals surface area contributed by atoms with Crippen molar-refractivity contribution in [1.29, 1.82) is 0 Å². The van der Waals surface area contributed by atoms with E-state index < -0.39 is 0 Å². The van der Waals surface area contributed by atoms with Gasteiger partial charge in [0.25, 0.3) is 0 Å². The Morgan fingerprint density at radius 1 is 1.10 bits per heavy atom. The number of carbonyl (C=O) groups is 1. The third kappa shape index (κ3) is 2.63. The first-order valence-electron chi connectivity index (χ1n) is 6.35. The molecule has 0 fully saturated rings. The first kappa shape index (κ1) is 13.0. The van der Waals surface area contributed by atoms with Crippen LogP contribution in [0.1, 0.15) is 17.0 Å². The van der Waals surface area contributed by atoms with Crippen LogP contribution in [-0.2, 0) is 11.2 Å². The molecule has 2 aromatic rings. The number of aldehydes is 1. The highest BCUT2D eigenvalue weighted by molar-refractivity contribution is 6.30. The van der Waals surface area contributed by atoms with E-state index in [1.54, 1.807) is 0 Å². The molecule has 3 nitrogen and oxygen atoms in total. The van der Waals surface area contributed by atoms with Gasteiger partial charge in [-0.1, -0.05) is 29.8 Å². The molecule has 3 rings (SSSR count). The molecule has 1 heterocycles. The summed E-state index contributed by atoms with van der Waals surface area (Å²) in [6.07, 6.45) is 1.60. The van der Waals surface area contributed by atoms with E-state index in [2.05, 4.69) is 0 Å². The minimum Gasteiger partial charge on any atom is -0.454 e. The van der Waals surface area contributed by atoms with Gasteiger partial charge in [0.05, 0.1) is 0 Å². The molecule has 0 N–H and O–H groups in total. The van der Waals surface area contributed by atoms with Gasteiger partial charge in [0.15, 0.2) is 11.5 Å². The fraction of sp³-hybridized carbons (Fsp3) is 0.188. The van der Waals surface area contributed by atoms with E-state index in [9.17, 15) is 4.79 Å². The van der Waals surface area contributed by atoms with Crippen LogP contribution in [0.2, 0.25) is 5.02 Å². The number of fused-ring (bicyclic) bond motifs is 1. The van der Waals surface area contributed by atoms with Crippen molar-refractivity contribution >= 4 is 17.9 Å². The van der Waals surface area contributed by atoms with Gasteiger partial charge in [0, 0.05) is 10.9 Å². The predicted octanol–water partition coefficient (Wildman–Crippen LogP) is 3.59. The second kappa shape index (κ2) is 5.55. The zero-order valence-corrected chi connectivity index (χ0v) is 11.5. The van der Waals surface area contributed by atoms with Crippen LogP contribution in [-0.4, -0.2) is 13.1 Å². The molecular formula is C16H13ClO3. The number of carbonyl (C=O) groups excluding carboxylic acids is 1. The molecule has 1 aliphatic rings. The lowest BCUT2D eigenvalue weighted by atomic mass is 9.93. The Hall–Kier alpha value is -2.00. The van der Waals surface area contributed by atoms with E-state index >= 15 is 0 Å². The van der Waals surface area contributed by atoms with E-state index in [4.69, 9.17) is 21.1 Å². The Balaban J connectivity index is 1.82. The largest absolute Gasteiger partial charge is 0.454 e. The van der Waals surface area contributed by atoms with Crippen LogP contribution in [0, 0.1) is 0 Å². The molecule has 0 bridgehead atoms. The van der Waals surface area contributed by atoms with Crippen molar-refractivity contribution in [3.63, 3.8) is 0 Å². The number of ether oxygens (including phenoxy) is 2. The Labute approximate surface area is 122 Å². The first-order valence-corrected chi connectivity index (χ1v) is 6.73. The number of halogens is 1. The van der Waals surface area contributed by atoms with Crippen molar-refractivity contribution in [3.05, 3.63) is 58.6 Å². The number of rotatable bonds is 4. The summed E-state index contributed by atoms with van der Waals surface area (Å²) in [7, 11) is 0. The van der Waals surface area contributed by atoms with Crippen molar-refractivity contribution in [1.82, 2.24) is 0 Å². The molecule has 0 spiro atoms. The van der Waals surface area contributed by atoms with E-state index in [0.29, 0.717) is 17.2 Å². The summed E-state index contributed by atoms with van der Waals surface area (Å²) in [5.41, 5.74) is 2.00. The third-order valence-electron chi connectivity index (χ3n) is 3.36. The van der Waals surface area contributed by atoms with Gasteiger partial charge in [-0.05, 0) is 41.8 Å². The second-order valence-corrected chi connectivity index (χ2v) is 5.12. The zero-order chi connectivity index (χ0) is 13.9. The molecule has 1 unspecified atom stereocenters. The highest BCUT2D eigenvalue weighted by Gasteiger charge is 2.18.